The lowest BCUT2D eigenvalue weighted by atomic mass is 10.0. The topological polar surface area (TPSA) is 132 Å². The molecule has 1 atom stereocenters. The molecule has 0 spiro atoms. The van der Waals surface area contributed by atoms with E-state index in [4.69, 9.17) is 4.74 Å². The van der Waals surface area contributed by atoms with Crippen LogP contribution in [0.3, 0.4) is 0 Å². The van der Waals surface area contributed by atoms with Crippen LogP contribution >= 0.6 is 0 Å². The number of benzene rings is 2. The Morgan fingerprint density at radius 1 is 1.09 bits per heavy atom. The number of hydrogen-bond acceptors (Lipinski definition) is 9. The van der Waals surface area contributed by atoms with E-state index in [1.807, 2.05) is 13.8 Å². The van der Waals surface area contributed by atoms with Crippen molar-refractivity contribution in [3.8, 4) is 22.7 Å². The molecule has 5 rings (SSSR count). The van der Waals surface area contributed by atoms with Gasteiger partial charge in [0.25, 0.3) is 0 Å². The van der Waals surface area contributed by atoms with Gasteiger partial charge in [0.1, 0.15) is 23.1 Å². The Labute approximate surface area is 270 Å². The van der Waals surface area contributed by atoms with E-state index in [9.17, 15) is 22.8 Å². The van der Waals surface area contributed by atoms with Gasteiger partial charge in [-0.05, 0) is 48.7 Å². The number of rotatable bonds is 7. The summed E-state index contributed by atoms with van der Waals surface area (Å²) in [4.78, 5) is 50.3. The molecule has 1 fully saturated rings. The number of aromatic nitrogens is 3. The number of ether oxygens (including phenoxy) is 1. The van der Waals surface area contributed by atoms with Crippen LogP contribution in [-0.2, 0) is 19.4 Å². The van der Waals surface area contributed by atoms with Gasteiger partial charge in [-0.15, -0.1) is 0 Å². The van der Waals surface area contributed by atoms with Crippen molar-refractivity contribution < 1.29 is 31.5 Å². The minimum atomic E-state index is -3.94. The van der Waals surface area contributed by atoms with Crippen LogP contribution in [0, 0.1) is 11.6 Å². The van der Waals surface area contributed by atoms with Gasteiger partial charge in [-0.25, -0.2) is 31.5 Å². The Kier molecular flexibility index (Phi) is 9.00. The third-order valence-corrected chi connectivity index (χ3v) is 9.06. The highest BCUT2D eigenvalue weighted by atomic mass is 32.2. The average Bonchev–Trinajstić information content (AvgIpc) is 2.99. The number of piperazine rings is 1. The van der Waals surface area contributed by atoms with Crippen molar-refractivity contribution in [1.29, 1.82) is 0 Å². The Morgan fingerprint density at radius 3 is 2.40 bits per heavy atom. The van der Waals surface area contributed by atoms with Crippen molar-refractivity contribution in [3.05, 3.63) is 82.8 Å². The summed E-state index contributed by atoms with van der Waals surface area (Å²) < 4.78 is 64.0. The highest BCUT2D eigenvalue weighted by Gasteiger charge is 2.32. The highest BCUT2D eigenvalue weighted by molar-refractivity contribution is 7.90. The van der Waals surface area contributed by atoms with E-state index in [0.29, 0.717) is 5.56 Å². The van der Waals surface area contributed by atoms with E-state index in [1.165, 1.54) is 24.3 Å². The van der Waals surface area contributed by atoms with Crippen molar-refractivity contribution in [2.75, 3.05) is 30.8 Å². The molecule has 14 heteroatoms. The van der Waals surface area contributed by atoms with Crippen molar-refractivity contribution in [2.24, 2.45) is 0 Å². The van der Waals surface area contributed by atoms with Crippen LogP contribution in [0.4, 0.5) is 14.6 Å². The molecule has 0 aliphatic carbocycles. The SMILES string of the molecule is C=CC(=O)N1CCN(c2nc(=O)n(-c3c(C(C)C)cccc3S(C)(=O)=O)c3nc(-c4c(F)cccc4OC(C)=O)c(F)cc23)[C@@H](C)C1. The van der Waals surface area contributed by atoms with E-state index >= 15 is 8.78 Å². The van der Waals surface area contributed by atoms with Crippen molar-refractivity contribution >= 4 is 38.6 Å². The quantitative estimate of drug-likeness (QED) is 0.160. The molecule has 0 unspecified atom stereocenters. The number of para-hydroxylation sites is 1. The normalized spacial score (nSPS) is 15.3. The van der Waals surface area contributed by atoms with Gasteiger partial charge in [-0.2, -0.15) is 4.98 Å². The maximum atomic E-state index is 16.2. The first kappa shape index (κ1) is 33.4. The summed E-state index contributed by atoms with van der Waals surface area (Å²) in [5.74, 6) is -3.56. The molecule has 1 aliphatic rings. The van der Waals surface area contributed by atoms with Gasteiger partial charge < -0.3 is 14.5 Å². The van der Waals surface area contributed by atoms with Gasteiger partial charge in [0, 0.05) is 38.9 Å². The molecule has 4 aromatic rings. The lowest BCUT2D eigenvalue weighted by Gasteiger charge is -2.40. The molecule has 0 radical (unpaired) electrons. The maximum Gasteiger partial charge on any atom is 0.355 e. The van der Waals surface area contributed by atoms with Gasteiger partial charge >= 0.3 is 11.7 Å². The lowest BCUT2D eigenvalue weighted by molar-refractivity contribution is -0.132. The number of carbonyl (C=O) groups is 2. The van der Waals surface area contributed by atoms with Crippen LogP contribution in [0.25, 0.3) is 28.0 Å². The number of halogens is 2. The van der Waals surface area contributed by atoms with Crippen LogP contribution in [-0.4, -0.2) is 71.7 Å². The molecule has 3 heterocycles. The zero-order chi connectivity index (χ0) is 34.4. The number of pyridine rings is 1. The number of fused-ring (bicyclic) bond motifs is 1. The van der Waals surface area contributed by atoms with Crippen LogP contribution in [0.2, 0.25) is 0 Å². The first-order chi connectivity index (χ1) is 22.1. The minimum Gasteiger partial charge on any atom is -0.426 e. The molecule has 0 N–H and O–H groups in total. The van der Waals surface area contributed by atoms with Crippen molar-refractivity contribution in [3.63, 3.8) is 0 Å². The molecular formula is C33H33F2N5O6S. The van der Waals surface area contributed by atoms with Crippen LogP contribution < -0.4 is 15.3 Å². The fraction of sp³-hybridized carbons (Fsp3) is 0.303. The monoisotopic (exact) mass is 665 g/mol. The lowest BCUT2D eigenvalue weighted by Crippen LogP contribution is -2.54. The number of amides is 1. The second-order valence-corrected chi connectivity index (χ2v) is 13.6. The first-order valence-electron chi connectivity index (χ1n) is 14.8. The number of carbonyl (C=O) groups excluding carboxylic acids is 2. The summed E-state index contributed by atoms with van der Waals surface area (Å²) in [6.07, 6.45) is 2.20. The molecule has 2 aromatic heterocycles. The summed E-state index contributed by atoms with van der Waals surface area (Å²) in [5.41, 5.74) is -1.72. The zero-order valence-electron chi connectivity index (χ0n) is 26.5. The van der Waals surface area contributed by atoms with Crippen molar-refractivity contribution in [1.82, 2.24) is 19.4 Å². The fourth-order valence-corrected chi connectivity index (χ4v) is 6.71. The highest BCUT2D eigenvalue weighted by Crippen LogP contribution is 2.38. The molecule has 0 bridgehead atoms. The molecule has 47 heavy (non-hydrogen) atoms. The van der Waals surface area contributed by atoms with E-state index in [2.05, 4.69) is 16.5 Å². The van der Waals surface area contributed by atoms with Crippen LogP contribution in [0.1, 0.15) is 39.2 Å². The number of anilines is 1. The Hall–Kier alpha value is -4.98. The molecule has 2 aromatic carbocycles. The Bertz CT molecular complexity index is 2120. The summed E-state index contributed by atoms with van der Waals surface area (Å²) >= 11 is 0. The molecule has 246 valence electrons. The van der Waals surface area contributed by atoms with Crippen LogP contribution in [0.15, 0.2) is 64.8 Å². The minimum absolute atomic E-state index is 0.0210. The molecule has 1 saturated heterocycles. The second-order valence-electron chi connectivity index (χ2n) is 11.6. The van der Waals surface area contributed by atoms with E-state index in [1.54, 1.807) is 28.9 Å². The predicted molar refractivity (Wildman–Crippen MR) is 173 cm³/mol. The summed E-state index contributed by atoms with van der Waals surface area (Å²) in [7, 11) is -3.94. The Balaban J connectivity index is 1.91. The second kappa shape index (κ2) is 12.7. The number of nitrogens with zero attached hydrogens (tertiary/aromatic N) is 5. The molecule has 11 nitrogen and oxygen atoms in total. The Morgan fingerprint density at radius 2 is 1.79 bits per heavy atom. The molecule has 1 aliphatic heterocycles. The molecule has 0 saturated carbocycles. The fourth-order valence-electron chi connectivity index (χ4n) is 5.82. The first-order valence-corrected chi connectivity index (χ1v) is 16.6. The standard InChI is InChI=1S/C33H33F2N5O6S/c1-7-27(42)38-14-15-39(19(4)17-38)31-22-16-24(35)29(28-23(34)11-9-12-25(28)46-20(5)41)36-32(22)40(33(43)37-31)30-21(18(2)3)10-8-13-26(30)47(6,44)45/h7-13,16,18-19H,1,14-15,17H2,2-6H3/t19-/m0/s1. The van der Waals surface area contributed by atoms with Crippen molar-refractivity contribution in [2.45, 2.75) is 44.6 Å². The van der Waals surface area contributed by atoms with Gasteiger partial charge in [0.05, 0.1) is 21.5 Å². The smallest absolute Gasteiger partial charge is 0.355 e. The van der Waals surface area contributed by atoms with Gasteiger partial charge in [-0.1, -0.05) is 38.6 Å². The third-order valence-electron chi connectivity index (χ3n) is 7.93. The van der Waals surface area contributed by atoms with Gasteiger partial charge in [-0.3, -0.25) is 9.59 Å². The maximum absolute atomic E-state index is 16.2. The van der Waals surface area contributed by atoms with Crippen LogP contribution in [0.5, 0.6) is 5.75 Å². The third kappa shape index (κ3) is 6.24. The van der Waals surface area contributed by atoms with E-state index in [0.717, 1.165) is 29.9 Å². The van der Waals surface area contributed by atoms with E-state index in [-0.39, 0.29) is 64.6 Å². The average molecular weight is 666 g/mol. The summed E-state index contributed by atoms with van der Waals surface area (Å²) in [6, 6.07) is 8.82. The zero-order valence-corrected chi connectivity index (χ0v) is 27.3. The largest absolute Gasteiger partial charge is 0.426 e. The molecular weight excluding hydrogens is 632 g/mol. The van der Waals surface area contributed by atoms with Gasteiger partial charge in [0.2, 0.25) is 5.91 Å². The summed E-state index contributed by atoms with van der Waals surface area (Å²) in [5, 5.41) is 0.0320. The summed E-state index contributed by atoms with van der Waals surface area (Å²) in [6.45, 7) is 10.8. The van der Waals surface area contributed by atoms with Gasteiger partial charge in [0.15, 0.2) is 21.3 Å². The number of hydrogen-bond donors (Lipinski definition) is 0. The van der Waals surface area contributed by atoms with E-state index < -0.39 is 50.4 Å². The number of esters is 1. The molecule has 1 amide bonds. The number of sulfone groups is 1. The predicted octanol–water partition coefficient (Wildman–Crippen LogP) is 4.40.